The Bertz CT molecular complexity index is 690. The normalized spacial score (nSPS) is 19.2. The Hall–Kier alpha value is -1.80. The molecule has 0 aliphatic carbocycles. The maximum Gasteiger partial charge on any atom is 0.225 e. The Kier molecular flexibility index (Phi) is 6.06. The van der Waals surface area contributed by atoms with Gasteiger partial charge in [-0.1, -0.05) is 0 Å². The van der Waals surface area contributed by atoms with E-state index in [1.54, 1.807) is 25.3 Å². The topological polar surface area (TPSA) is 84.9 Å². The lowest BCUT2D eigenvalue weighted by Gasteiger charge is -2.22. The van der Waals surface area contributed by atoms with E-state index in [0.717, 1.165) is 0 Å². The largest absolute Gasteiger partial charge is 0.493 e. The van der Waals surface area contributed by atoms with Crippen molar-refractivity contribution in [2.45, 2.75) is 18.9 Å². The van der Waals surface area contributed by atoms with Gasteiger partial charge in [0.25, 0.3) is 0 Å². The van der Waals surface area contributed by atoms with Crippen molar-refractivity contribution < 1.29 is 22.7 Å². The lowest BCUT2D eigenvalue weighted by atomic mass is 10.2. The summed E-state index contributed by atoms with van der Waals surface area (Å²) < 4.78 is 33.4. The number of carbonyl (C=O) groups is 1. The van der Waals surface area contributed by atoms with Crippen molar-refractivity contribution in [2.24, 2.45) is 0 Å². The second-order valence-electron chi connectivity index (χ2n) is 5.91. The first-order valence-electron chi connectivity index (χ1n) is 7.77. The van der Waals surface area contributed by atoms with E-state index in [0.29, 0.717) is 36.6 Å². The molecule has 0 aromatic heterocycles. The van der Waals surface area contributed by atoms with Gasteiger partial charge in [-0.2, -0.15) is 0 Å². The van der Waals surface area contributed by atoms with Gasteiger partial charge in [0.05, 0.1) is 25.7 Å². The van der Waals surface area contributed by atoms with Gasteiger partial charge in [0.2, 0.25) is 5.91 Å². The Morgan fingerprint density at radius 3 is 2.58 bits per heavy atom. The number of rotatable bonds is 7. The van der Waals surface area contributed by atoms with Crippen molar-refractivity contribution in [3.8, 4) is 11.5 Å². The summed E-state index contributed by atoms with van der Waals surface area (Å²) in [6.07, 6.45) is 0.928. The van der Waals surface area contributed by atoms with Gasteiger partial charge in [-0.05, 0) is 25.6 Å². The number of anilines is 1. The number of amides is 1. The molecule has 2 rings (SSSR count). The number of nitrogens with zero attached hydrogens (tertiary/aromatic N) is 1. The second kappa shape index (κ2) is 7.85. The maximum absolute atomic E-state index is 12.1. The molecule has 0 radical (unpaired) electrons. The van der Waals surface area contributed by atoms with E-state index in [1.165, 1.54) is 7.11 Å². The standard InChI is InChI=1S/C16H24N2O5S/c1-18(13-7-9-24(20,21)11-13)8-6-16(19)17-12-4-5-14(22-2)15(10-12)23-3/h4-5,10,13H,6-9,11H2,1-3H3,(H,17,19). The minimum Gasteiger partial charge on any atom is -0.493 e. The third-order valence-corrected chi connectivity index (χ3v) is 5.94. The molecule has 1 fully saturated rings. The van der Waals surface area contributed by atoms with Gasteiger partial charge in [-0.15, -0.1) is 0 Å². The Morgan fingerprint density at radius 1 is 1.29 bits per heavy atom. The van der Waals surface area contributed by atoms with E-state index in [1.807, 2.05) is 11.9 Å². The van der Waals surface area contributed by atoms with Crippen molar-refractivity contribution in [1.82, 2.24) is 4.90 Å². The highest BCUT2D eigenvalue weighted by Crippen LogP contribution is 2.29. The molecular formula is C16H24N2O5S. The average Bonchev–Trinajstić information content (AvgIpc) is 2.92. The fraction of sp³-hybridized carbons (Fsp3) is 0.562. The van der Waals surface area contributed by atoms with Crippen LogP contribution < -0.4 is 14.8 Å². The quantitative estimate of drug-likeness (QED) is 0.789. The van der Waals surface area contributed by atoms with Crippen molar-refractivity contribution >= 4 is 21.4 Å². The predicted molar refractivity (Wildman–Crippen MR) is 92.5 cm³/mol. The zero-order valence-electron chi connectivity index (χ0n) is 14.2. The van der Waals surface area contributed by atoms with E-state index in [4.69, 9.17) is 9.47 Å². The molecule has 1 unspecified atom stereocenters. The van der Waals surface area contributed by atoms with Crippen LogP contribution >= 0.6 is 0 Å². The summed E-state index contributed by atoms with van der Waals surface area (Å²) in [5.41, 5.74) is 0.628. The monoisotopic (exact) mass is 356 g/mol. The van der Waals surface area contributed by atoms with E-state index in [-0.39, 0.29) is 23.5 Å². The molecule has 1 aromatic rings. The molecule has 1 heterocycles. The van der Waals surface area contributed by atoms with Crippen molar-refractivity contribution in [3.05, 3.63) is 18.2 Å². The second-order valence-corrected chi connectivity index (χ2v) is 8.13. The summed E-state index contributed by atoms with van der Waals surface area (Å²) in [5, 5.41) is 2.81. The minimum atomic E-state index is -2.91. The summed E-state index contributed by atoms with van der Waals surface area (Å²) >= 11 is 0. The van der Waals surface area contributed by atoms with Crippen LogP contribution in [-0.2, 0) is 14.6 Å². The van der Waals surface area contributed by atoms with E-state index < -0.39 is 9.84 Å². The van der Waals surface area contributed by atoms with Gasteiger partial charge in [0, 0.05) is 30.8 Å². The van der Waals surface area contributed by atoms with Crippen molar-refractivity contribution in [2.75, 3.05) is 44.6 Å². The SMILES string of the molecule is COc1ccc(NC(=O)CCN(C)C2CCS(=O)(=O)C2)cc1OC. The number of benzene rings is 1. The molecule has 1 aliphatic rings. The van der Waals surface area contributed by atoms with Crippen LogP contribution in [-0.4, -0.2) is 64.6 Å². The third-order valence-electron chi connectivity index (χ3n) is 4.19. The highest BCUT2D eigenvalue weighted by Gasteiger charge is 2.30. The first kappa shape index (κ1) is 18.5. The van der Waals surface area contributed by atoms with Gasteiger partial charge in [0.15, 0.2) is 21.3 Å². The number of hydrogen-bond acceptors (Lipinski definition) is 6. The molecule has 7 nitrogen and oxygen atoms in total. The first-order valence-corrected chi connectivity index (χ1v) is 9.59. The summed E-state index contributed by atoms with van der Waals surface area (Å²) in [7, 11) is 2.03. The minimum absolute atomic E-state index is 0.00359. The van der Waals surface area contributed by atoms with E-state index in [9.17, 15) is 13.2 Å². The van der Waals surface area contributed by atoms with Crippen LogP contribution in [0, 0.1) is 0 Å². The molecule has 1 saturated heterocycles. The van der Waals surface area contributed by atoms with Gasteiger partial charge < -0.3 is 19.7 Å². The molecule has 1 aromatic carbocycles. The number of hydrogen-bond donors (Lipinski definition) is 1. The van der Waals surface area contributed by atoms with Crippen molar-refractivity contribution in [1.29, 1.82) is 0 Å². The van der Waals surface area contributed by atoms with Crippen molar-refractivity contribution in [3.63, 3.8) is 0 Å². The number of ether oxygens (including phenoxy) is 2. The molecule has 0 saturated carbocycles. The van der Waals surface area contributed by atoms with Crippen LogP contribution in [0.25, 0.3) is 0 Å². The molecule has 24 heavy (non-hydrogen) atoms. The number of methoxy groups -OCH3 is 2. The maximum atomic E-state index is 12.1. The van der Waals surface area contributed by atoms with Gasteiger partial charge >= 0.3 is 0 Å². The summed E-state index contributed by atoms with van der Waals surface area (Å²) in [6, 6.07) is 5.17. The van der Waals surface area contributed by atoms with Gasteiger partial charge in [-0.3, -0.25) is 4.79 Å². The summed E-state index contributed by atoms with van der Waals surface area (Å²) in [6.45, 7) is 0.513. The van der Waals surface area contributed by atoms with Gasteiger partial charge in [0.1, 0.15) is 0 Å². The summed E-state index contributed by atoms with van der Waals surface area (Å²) in [5.74, 6) is 1.43. The number of carbonyl (C=O) groups excluding carboxylic acids is 1. The molecule has 1 N–H and O–H groups in total. The highest BCUT2D eigenvalue weighted by molar-refractivity contribution is 7.91. The van der Waals surface area contributed by atoms with Crippen LogP contribution in [0.2, 0.25) is 0 Å². The fourth-order valence-electron chi connectivity index (χ4n) is 2.72. The molecule has 1 aliphatic heterocycles. The van der Waals surface area contributed by atoms with Crippen LogP contribution in [0.3, 0.4) is 0 Å². The van der Waals surface area contributed by atoms with E-state index >= 15 is 0 Å². The molecule has 1 amide bonds. The zero-order chi connectivity index (χ0) is 17.7. The lowest BCUT2D eigenvalue weighted by Crippen LogP contribution is -2.35. The molecule has 8 heteroatoms. The average molecular weight is 356 g/mol. The van der Waals surface area contributed by atoms with Gasteiger partial charge in [-0.25, -0.2) is 8.42 Å². The third kappa shape index (κ3) is 4.85. The number of nitrogens with one attached hydrogen (secondary N) is 1. The zero-order valence-corrected chi connectivity index (χ0v) is 15.1. The summed E-state index contributed by atoms with van der Waals surface area (Å²) in [4.78, 5) is 14.0. The Morgan fingerprint density at radius 2 is 2.00 bits per heavy atom. The Labute approximate surface area is 142 Å². The Balaban J connectivity index is 1.85. The molecule has 0 bridgehead atoms. The smallest absolute Gasteiger partial charge is 0.225 e. The molecular weight excluding hydrogens is 332 g/mol. The lowest BCUT2D eigenvalue weighted by molar-refractivity contribution is -0.116. The van der Waals surface area contributed by atoms with Crippen LogP contribution in [0.1, 0.15) is 12.8 Å². The van der Waals surface area contributed by atoms with Crippen LogP contribution in [0.15, 0.2) is 18.2 Å². The molecule has 134 valence electrons. The fourth-order valence-corrected chi connectivity index (χ4v) is 4.53. The molecule has 1 atom stereocenters. The highest BCUT2D eigenvalue weighted by atomic mass is 32.2. The van der Waals surface area contributed by atoms with Crippen LogP contribution in [0.4, 0.5) is 5.69 Å². The predicted octanol–water partition coefficient (Wildman–Crippen LogP) is 1.15. The number of sulfone groups is 1. The van der Waals surface area contributed by atoms with Crippen LogP contribution in [0.5, 0.6) is 11.5 Å². The first-order chi connectivity index (χ1) is 11.3. The van der Waals surface area contributed by atoms with E-state index in [2.05, 4.69) is 5.32 Å². The molecule has 0 spiro atoms.